The maximum absolute atomic E-state index is 13.7. The van der Waals surface area contributed by atoms with Crippen molar-refractivity contribution in [3.63, 3.8) is 0 Å². The molecular weight excluding hydrogens is 482 g/mol. The average Bonchev–Trinajstić information content (AvgIpc) is 3.67. The number of nitrogens with zero attached hydrogens (tertiary/aromatic N) is 1. The lowest BCUT2D eigenvalue weighted by atomic mass is 9.93. The van der Waals surface area contributed by atoms with Crippen LogP contribution in [0.25, 0.3) is 0 Å². The molecule has 1 unspecified atom stereocenters. The lowest BCUT2D eigenvalue weighted by molar-refractivity contribution is -0.229. The van der Waals surface area contributed by atoms with Gasteiger partial charge in [-0.3, -0.25) is 14.4 Å². The van der Waals surface area contributed by atoms with Gasteiger partial charge in [0.2, 0.25) is 17.7 Å². The first-order chi connectivity index (χ1) is 17.2. The van der Waals surface area contributed by atoms with Crippen LogP contribution in [0, 0.1) is 11.3 Å². The van der Waals surface area contributed by atoms with Crippen LogP contribution in [0.3, 0.4) is 0 Å². The quantitative estimate of drug-likeness (QED) is 0.542. The SMILES string of the molecule is CC1(C)COC(C2C(=O)N(Cc3ccc(NC(=O)CCl)cc3)c3ccc(NC(=O)C4CC4)cc32)OC1. The molecule has 2 aliphatic heterocycles. The van der Waals surface area contributed by atoms with Crippen molar-refractivity contribution in [3.8, 4) is 0 Å². The van der Waals surface area contributed by atoms with Crippen LogP contribution in [0.2, 0.25) is 0 Å². The summed E-state index contributed by atoms with van der Waals surface area (Å²) in [4.78, 5) is 39.3. The van der Waals surface area contributed by atoms with Crippen LogP contribution in [0.5, 0.6) is 0 Å². The maximum atomic E-state index is 13.7. The Labute approximate surface area is 215 Å². The van der Waals surface area contributed by atoms with Crippen LogP contribution in [0.4, 0.5) is 17.1 Å². The molecule has 2 aromatic carbocycles. The van der Waals surface area contributed by atoms with Gasteiger partial charge in [0.25, 0.3) is 0 Å². The topological polar surface area (TPSA) is 97.0 Å². The number of ether oxygens (including phenoxy) is 2. The molecule has 1 atom stereocenters. The molecule has 36 heavy (non-hydrogen) atoms. The van der Waals surface area contributed by atoms with Gasteiger partial charge in [0.05, 0.1) is 19.8 Å². The smallest absolute Gasteiger partial charge is 0.240 e. The van der Waals surface area contributed by atoms with Gasteiger partial charge in [-0.25, -0.2) is 0 Å². The fourth-order valence-corrected chi connectivity index (χ4v) is 4.60. The minimum absolute atomic E-state index is 0.0148. The number of nitrogens with one attached hydrogen (secondary N) is 2. The summed E-state index contributed by atoms with van der Waals surface area (Å²) in [6, 6.07) is 12.9. The molecule has 1 saturated carbocycles. The number of hydrogen-bond acceptors (Lipinski definition) is 5. The van der Waals surface area contributed by atoms with E-state index in [2.05, 4.69) is 24.5 Å². The Bertz CT molecular complexity index is 1170. The number of carbonyl (C=O) groups is 3. The zero-order valence-corrected chi connectivity index (χ0v) is 21.1. The van der Waals surface area contributed by atoms with Crippen molar-refractivity contribution in [2.75, 3.05) is 34.6 Å². The van der Waals surface area contributed by atoms with Crippen molar-refractivity contribution < 1.29 is 23.9 Å². The molecule has 0 bridgehead atoms. The molecule has 5 rings (SSSR count). The van der Waals surface area contributed by atoms with Crippen molar-refractivity contribution in [1.82, 2.24) is 0 Å². The summed E-state index contributed by atoms with van der Waals surface area (Å²) in [6.07, 6.45) is 1.14. The lowest BCUT2D eigenvalue weighted by Gasteiger charge is -2.36. The monoisotopic (exact) mass is 511 g/mol. The molecule has 1 saturated heterocycles. The van der Waals surface area contributed by atoms with Gasteiger partial charge in [-0.15, -0.1) is 11.6 Å². The van der Waals surface area contributed by atoms with E-state index in [-0.39, 0.29) is 34.9 Å². The molecule has 3 amide bonds. The Morgan fingerprint density at radius 3 is 2.33 bits per heavy atom. The molecule has 2 N–H and O–H groups in total. The number of fused-ring (bicyclic) bond motifs is 1. The van der Waals surface area contributed by atoms with Gasteiger partial charge in [-0.2, -0.15) is 0 Å². The third kappa shape index (κ3) is 5.26. The van der Waals surface area contributed by atoms with Crippen molar-refractivity contribution in [2.45, 2.75) is 45.4 Å². The highest BCUT2D eigenvalue weighted by atomic mass is 35.5. The summed E-state index contributed by atoms with van der Waals surface area (Å²) in [5.41, 5.74) is 3.63. The van der Waals surface area contributed by atoms with Crippen molar-refractivity contribution >= 4 is 46.4 Å². The molecule has 0 aromatic heterocycles. The molecule has 2 heterocycles. The van der Waals surface area contributed by atoms with Crippen LogP contribution >= 0.6 is 11.6 Å². The molecule has 1 aliphatic carbocycles. The zero-order chi connectivity index (χ0) is 25.4. The van der Waals surface area contributed by atoms with E-state index in [0.717, 1.165) is 29.7 Å². The van der Waals surface area contributed by atoms with E-state index in [4.69, 9.17) is 21.1 Å². The van der Waals surface area contributed by atoms with Crippen molar-refractivity contribution in [2.24, 2.45) is 11.3 Å². The minimum Gasteiger partial charge on any atom is -0.351 e. The molecule has 0 spiro atoms. The highest BCUT2D eigenvalue weighted by Gasteiger charge is 2.46. The molecule has 3 aliphatic rings. The first kappa shape index (κ1) is 24.7. The molecule has 2 aromatic rings. The molecule has 9 heteroatoms. The Balaban J connectivity index is 1.40. The van der Waals surface area contributed by atoms with Gasteiger partial charge in [0, 0.05) is 28.4 Å². The van der Waals surface area contributed by atoms with Crippen molar-refractivity contribution in [3.05, 3.63) is 53.6 Å². The van der Waals surface area contributed by atoms with Crippen LogP contribution < -0.4 is 15.5 Å². The largest absolute Gasteiger partial charge is 0.351 e. The Kier molecular flexibility index (Phi) is 6.76. The molecule has 0 radical (unpaired) electrons. The van der Waals surface area contributed by atoms with E-state index in [9.17, 15) is 14.4 Å². The summed E-state index contributed by atoms with van der Waals surface area (Å²) >= 11 is 5.56. The van der Waals surface area contributed by atoms with Crippen LogP contribution in [0.15, 0.2) is 42.5 Å². The second-order valence-corrected chi connectivity index (χ2v) is 10.7. The standard InChI is InChI=1S/C27H30ClN3O5/c1-27(2)14-35-26(36-15-27)23-20-11-19(30-24(33)17-5-6-17)9-10-21(20)31(25(23)34)13-16-3-7-18(8-4-16)29-22(32)12-28/h3-4,7-11,17,23,26H,5-6,12-15H2,1-2H3,(H,29,32)(H,30,33). The minimum atomic E-state index is -0.697. The zero-order valence-electron chi connectivity index (χ0n) is 20.4. The van der Waals surface area contributed by atoms with Gasteiger partial charge in [0.1, 0.15) is 11.8 Å². The van der Waals surface area contributed by atoms with Crippen LogP contribution in [-0.2, 0) is 30.4 Å². The maximum Gasteiger partial charge on any atom is 0.240 e. The Hall–Kier alpha value is -2.94. The van der Waals surface area contributed by atoms with E-state index in [1.807, 2.05) is 30.3 Å². The van der Waals surface area contributed by atoms with E-state index in [1.54, 1.807) is 17.0 Å². The summed E-state index contributed by atoms with van der Waals surface area (Å²) < 4.78 is 12.1. The summed E-state index contributed by atoms with van der Waals surface area (Å²) in [6.45, 7) is 5.45. The number of anilines is 3. The van der Waals surface area contributed by atoms with Gasteiger partial charge in [0.15, 0.2) is 6.29 Å². The second kappa shape index (κ2) is 9.84. The highest BCUT2D eigenvalue weighted by Crippen LogP contribution is 2.44. The molecule has 2 fully saturated rings. The fourth-order valence-electron chi connectivity index (χ4n) is 4.53. The van der Waals surface area contributed by atoms with Crippen molar-refractivity contribution in [1.29, 1.82) is 0 Å². The third-order valence-electron chi connectivity index (χ3n) is 6.65. The number of amides is 3. The Morgan fingerprint density at radius 2 is 1.69 bits per heavy atom. The number of halogens is 1. The molecule has 8 nitrogen and oxygen atoms in total. The van der Waals surface area contributed by atoms with Gasteiger partial charge in [-0.05, 0) is 54.3 Å². The normalized spacial score (nSPS) is 21.2. The average molecular weight is 512 g/mol. The van der Waals surface area contributed by atoms with E-state index < -0.39 is 12.2 Å². The number of benzene rings is 2. The van der Waals surface area contributed by atoms with Gasteiger partial charge in [-0.1, -0.05) is 26.0 Å². The van der Waals surface area contributed by atoms with E-state index in [0.29, 0.717) is 31.1 Å². The van der Waals surface area contributed by atoms with E-state index in [1.165, 1.54) is 0 Å². The third-order valence-corrected chi connectivity index (χ3v) is 6.89. The van der Waals surface area contributed by atoms with Crippen LogP contribution in [-0.4, -0.2) is 43.1 Å². The first-order valence-electron chi connectivity index (χ1n) is 12.2. The summed E-state index contributed by atoms with van der Waals surface area (Å²) in [5, 5.41) is 5.69. The number of carbonyl (C=O) groups excluding carboxylic acids is 3. The molecular formula is C27H30ClN3O5. The highest BCUT2D eigenvalue weighted by molar-refractivity contribution is 6.29. The summed E-state index contributed by atoms with van der Waals surface area (Å²) in [7, 11) is 0. The van der Waals surface area contributed by atoms with E-state index >= 15 is 0 Å². The van der Waals surface area contributed by atoms with Gasteiger partial charge < -0.3 is 25.0 Å². The summed E-state index contributed by atoms with van der Waals surface area (Å²) in [5.74, 6) is -1.04. The fraction of sp³-hybridized carbons (Fsp3) is 0.444. The second-order valence-electron chi connectivity index (χ2n) is 10.5. The van der Waals surface area contributed by atoms with Gasteiger partial charge >= 0.3 is 0 Å². The number of rotatable bonds is 7. The van der Waals surface area contributed by atoms with Crippen LogP contribution in [0.1, 0.15) is 43.7 Å². The molecule has 190 valence electrons. The number of hydrogen-bond donors (Lipinski definition) is 2. The predicted octanol–water partition coefficient (Wildman–Crippen LogP) is 4.24. The Morgan fingerprint density at radius 1 is 1.03 bits per heavy atom. The number of alkyl halides is 1. The first-order valence-corrected chi connectivity index (χ1v) is 12.7. The lowest BCUT2D eigenvalue weighted by Crippen LogP contribution is -2.43. The predicted molar refractivity (Wildman–Crippen MR) is 137 cm³/mol.